The molecule has 0 saturated carbocycles. The van der Waals surface area contributed by atoms with Crippen LogP contribution in [-0.2, 0) is 0 Å². The van der Waals surface area contributed by atoms with E-state index in [0.29, 0.717) is 0 Å². The van der Waals surface area contributed by atoms with Crippen molar-refractivity contribution in [3.8, 4) is 5.75 Å². The lowest BCUT2D eigenvalue weighted by atomic mass is 10.1. The molecule has 1 heterocycles. The van der Waals surface area contributed by atoms with Crippen LogP contribution in [0.5, 0.6) is 5.75 Å². The Hall–Kier alpha value is -2.89. The lowest BCUT2D eigenvalue weighted by Gasteiger charge is -2.30. The average Bonchev–Trinajstić information content (AvgIpc) is 2.67. The molecule has 6 nitrogen and oxygen atoms in total. The van der Waals surface area contributed by atoms with Gasteiger partial charge in [-0.05, 0) is 55.7 Å². The van der Waals surface area contributed by atoms with Crippen LogP contribution >= 0.6 is 0 Å². The Labute approximate surface area is 146 Å². The first kappa shape index (κ1) is 17.0. The summed E-state index contributed by atoms with van der Waals surface area (Å²) >= 11 is 0. The molecule has 130 valence electrons. The Kier molecular flexibility index (Phi) is 5.28. The quantitative estimate of drug-likeness (QED) is 0.363. The van der Waals surface area contributed by atoms with E-state index in [1.54, 1.807) is 19.2 Å². The number of non-ortho nitro benzene ring substituents is 1. The predicted molar refractivity (Wildman–Crippen MR) is 97.7 cm³/mol. The molecular weight excluding hydrogens is 318 g/mol. The molecule has 0 aromatic heterocycles. The SMILES string of the molecule is COc1ccc(N=C(c2ccc([N+](=O)[O-])cc2)N2CCCCC2)cc1. The number of aliphatic imine (C=N–C) groups is 1. The van der Waals surface area contributed by atoms with E-state index in [1.165, 1.54) is 18.6 Å². The molecule has 1 aliphatic rings. The first-order valence-corrected chi connectivity index (χ1v) is 8.40. The van der Waals surface area contributed by atoms with Gasteiger partial charge in [0.2, 0.25) is 0 Å². The maximum atomic E-state index is 10.9. The molecule has 0 unspecified atom stereocenters. The van der Waals surface area contributed by atoms with Gasteiger partial charge in [0.05, 0.1) is 17.7 Å². The Bertz CT molecular complexity index is 748. The number of nitro groups is 1. The summed E-state index contributed by atoms with van der Waals surface area (Å²) < 4.78 is 5.19. The molecule has 0 atom stereocenters. The fraction of sp³-hybridized carbons (Fsp3) is 0.316. The van der Waals surface area contributed by atoms with E-state index >= 15 is 0 Å². The highest BCUT2D eigenvalue weighted by Gasteiger charge is 2.18. The molecule has 3 rings (SSSR count). The van der Waals surface area contributed by atoms with Crippen LogP contribution in [-0.4, -0.2) is 35.9 Å². The molecule has 0 spiro atoms. The highest BCUT2D eigenvalue weighted by atomic mass is 16.6. The fourth-order valence-corrected chi connectivity index (χ4v) is 2.93. The van der Waals surface area contributed by atoms with E-state index < -0.39 is 0 Å². The highest BCUT2D eigenvalue weighted by Crippen LogP contribution is 2.22. The number of rotatable bonds is 4. The van der Waals surface area contributed by atoms with Gasteiger partial charge in [-0.3, -0.25) is 10.1 Å². The number of ether oxygens (including phenoxy) is 1. The van der Waals surface area contributed by atoms with E-state index in [-0.39, 0.29) is 10.6 Å². The molecule has 1 aliphatic heterocycles. The number of piperidine rings is 1. The van der Waals surface area contributed by atoms with Crippen molar-refractivity contribution in [1.29, 1.82) is 0 Å². The summed E-state index contributed by atoms with van der Waals surface area (Å²) in [5.74, 6) is 1.65. The smallest absolute Gasteiger partial charge is 0.269 e. The summed E-state index contributed by atoms with van der Waals surface area (Å²) in [6.45, 7) is 1.90. The average molecular weight is 339 g/mol. The Morgan fingerprint density at radius 3 is 2.24 bits per heavy atom. The monoisotopic (exact) mass is 339 g/mol. The zero-order valence-electron chi connectivity index (χ0n) is 14.2. The molecule has 1 fully saturated rings. The van der Waals surface area contributed by atoms with E-state index in [2.05, 4.69) is 4.90 Å². The van der Waals surface area contributed by atoms with Crippen molar-refractivity contribution in [2.75, 3.05) is 20.2 Å². The molecule has 0 bridgehead atoms. The third kappa shape index (κ3) is 4.15. The molecule has 0 amide bonds. The molecule has 0 radical (unpaired) electrons. The van der Waals surface area contributed by atoms with Crippen molar-refractivity contribution in [1.82, 2.24) is 4.90 Å². The third-order valence-electron chi connectivity index (χ3n) is 4.30. The van der Waals surface area contributed by atoms with Crippen molar-refractivity contribution in [3.63, 3.8) is 0 Å². The van der Waals surface area contributed by atoms with Gasteiger partial charge in [0, 0.05) is 30.8 Å². The largest absolute Gasteiger partial charge is 0.497 e. The number of hydrogen-bond acceptors (Lipinski definition) is 4. The summed E-state index contributed by atoms with van der Waals surface area (Å²) in [7, 11) is 1.63. The van der Waals surface area contributed by atoms with Crippen LogP contribution < -0.4 is 4.74 Å². The Morgan fingerprint density at radius 1 is 1.04 bits per heavy atom. The van der Waals surface area contributed by atoms with Gasteiger partial charge in [0.1, 0.15) is 11.6 Å². The van der Waals surface area contributed by atoms with Crippen molar-refractivity contribution >= 4 is 17.2 Å². The van der Waals surface area contributed by atoms with Gasteiger partial charge >= 0.3 is 0 Å². The van der Waals surface area contributed by atoms with E-state index in [0.717, 1.165) is 48.8 Å². The van der Waals surface area contributed by atoms with Crippen molar-refractivity contribution in [3.05, 3.63) is 64.2 Å². The molecule has 0 aliphatic carbocycles. The second kappa shape index (κ2) is 7.79. The minimum atomic E-state index is -0.384. The van der Waals surface area contributed by atoms with Crippen LogP contribution in [0.1, 0.15) is 24.8 Å². The van der Waals surface area contributed by atoms with Crippen LogP contribution in [0, 0.1) is 10.1 Å². The van der Waals surface area contributed by atoms with E-state index in [1.807, 2.05) is 24.3 Å². The summed E-state index contributed by atoms with van der Waals surface area (Å²) in [4.78, 5) is 17.6. The number of nitro benzene ring substituents is 1. The van der Waals surface area contributed by atoms with Crippen LogP contribution in [0.3, 0.4) is 0 Å². The molecule has 25 heavy (non-hydrogen) atoms. The van der Waals surface area contributed by atoms with Gasteiger partial charge in [0.15, 0.2) is 0 Å². The zero-order chi connectivity index (χ0) is 17.6. The molecule has 2 aromatic rings. The highest BCUT2D eigenvalue weighted by molar-refractivity contribution is 6.00. The normalized spacial score (nSPS) is 15.1. The first-order chi connectivity index (χ1) is 12.2. The Balaban J connectivity index is 1.95. The molecule has 1 saturated heterocycles. The minimum Gasteiger partial charge on any atom is -0.497 e. The summed E-state index contributed by atoms with van der Waals surface area (Å²) in [5, 5.41) is 10.9. The number of amidine groups is 1. The van der Waals surface area contributed by atoms with Crippen LogP contribution in [0.2, 0.25) is 0 Å². The maximum absolute atomic E-state index is 10.9. The topological polar surface area (TPSA) is 68.0 Å². The van der Waals surface area contributed by atoms with Crippen LogP contribution in [0.15, 0.2) is 53.5 Å². The minimum absolute atomic E-state index is 0.0891. The number of methoxy groups -OCH3 is 1. The predicted octanol–water partition coefficient (Wildman–Crippen LogP) is 4.17. The number of hydrogen-bond donors (Lipinski definition) is 0. The van der Waals surface area contributed by atoms with Gasteiger partial charge in [-0.15, -0.1) is 0 Å². The summed E-state index contributed by atoms with van der Waals surface area (Å²) in [6.07, 6.45) is 3.50. The third-order valence-corrected chi connectivity index (χ3v) is 4.30. The number of nitrogens with zero attached hydrogens (tertiary/aromatic N) is 3. The maximum Gasteiger partial charge on any atom is 0.269 e. The lowest BCUT2D eigenvalue weighted by Crippen LogP contribution is -2.36. The number of benzene rings is 2. The second-order valence-electron chi connectivity index (χ2n) is 5.99. The standard InChI is InChI=1S/C19H21N3O3/c1-25-18-11-7-16(8-12-18)20-19(21-13-3-2-4-14-21)15-5-9-17(10-6-15)22(23)24/h5-12H,2-4,13-14H2,1H3. The fourth-order valence-electron chi connectivity index (χ4n) is 2.93. The molecule has 6 heteroatoms. The van der Waals surface area contributed by atoms with Gasteiger partial charge in [-0.2, -0.15) is 0 Å². The molecular formula is C19H21N3O3. The van der Waals surface area contributed by atoms with E-state index in [4.69, 9.17) is 9.73 Å². The van der Waals surface area contributed by atoms with Crippen molar-refractivity contribution < 1.29 is 9.66 Å². The molecule has 2 aromatic carbocycles. The Morgan fingerprint density at radius 2 is 1.68 bits per heavy atom. The second-order valence-corrected chi connectivity index (χ2v) is 5.99. The summed E-state index contributed by atoms with van der Waals surface area (Å²) in [5.41, 5.74) is 1.81. The van der Waals surface area contributed by atoms with Crippen molar-refractivity contribution in [2.24, 2.45) is 4.99 Å². The molecule has 0 N–H and O–H groups in total. The van der Waals surface area contributed by atoms with Gasteiger partial charge in [-0.1, -0.05) is 0 Å². The van der Waals surface area contributed by atoms with Crippen LogP contribution in [0.4, 0.5) is 11.4 Å². The summed E-state index contributed by atoms with van der Waals surface area (Å²) in [6, 6.07) is 14.2. The van der Waals surface area contributed by atoms with Gasteiger partial charge < -0.3 is 9.64 Å². The van der Waals surface area contributed by atoms with E-state index in [9.17, 15) is 10.1 Å². The van der Waals surface area contributed by atoms with Gasteiger partial charge in [-0.25, -0.2) is 4.99 Å². The lowest BCUT2D eigenvalue weighted by molar-refractivity contribution is -0.384. The van der Waals surface area contributed by atoms with Crippen molar-refractivity contribution in [2.45, 2.75) is 19.3 Å². The van der Waals surface area contributed by atoms with Crippen LogP contribution in [0.25, 0.3) is 0 Å². The van der Waals surface area contributed by atoms with Gasteiger partial charge in [0.25, 0.3) is 5.69 Å². The first-order valence-electron chi connectivity index (χ1n) is 8.40. The number of likely N-dealkylation sites (tertiary alicyclic amines) is 1. The zero-order valence-corrected chi connectivity index (χ0v) is 14.2.